The molecule has 3 aromatic rings. The highest BCUT2D eigenvalue weighted by Gasteiger charge is 2.79. The van der Waals surface area contributed by atoms with Crippen molar-refractivity contribution in [1.82, 2.24) is 0 Å². The van der Waals surface area contributed by atoms with Gasteiger partial charge in [0.1, 0.15) is 0 Å². The van der Waals surface area contributed by atoms with Gasteiger partial charge in [0.05, 0.1) is 28.4 Å². The van der Waals surface area contributed by atoms with E-state index in [2.05, 4.69) is 0 Å². The number of hydrogen-bond acceptors (Lipinski definition) is 3. The zero-order valence-electron chi connectivity index (χ0n) is 21.0. The van der Waals surface area contributed by atoms with Crippen LogP contribution >= 0.6 is 0 Å². The molecule has 0 N–H and O–H groups in total. The number of anilines is 1. The molecule has 2 amide bonds. The van der Waals surface area contributed by atoms with Gasteiger partial charge in [-0.05, 0) is 72.7 Å². The number of rotatable bonds is 4. The van der Waals surface area contributed by atoms with Crippen LogP contribution in [0.15, 0.2) is 78.9 Å². The van der Waals surface area contributed by atoms with E-state index in [0.29, 0.717) is 12.1 Å². The van der Waals surface area contributed by atoms with Crippen molar-refractivity contribution in [3.63, 3.8) is 0 Å². The number of aryl methyl sites for hydroxylation is 2. The summed E-state index contributed by atoms with van der Waals surface area (Å²) in [7, 11) is 0. The van der Waals surface area contributed by atoms with Gasteiger partial charge in [-0.15, -0.1) is 0 Å². The number of carbonyl (C=O) groups is 3. The molecule has 4 atom stereocenters. The summed E-state index contributed by atoms with van der Waals surface area (Å²) >= 11 is 0. The molecule has 2 aliphatic carbocycles. The number of ketones is 1. The van der Waals surface area contributed by atoms with Gasteiger partial charge in [0, 0.05) is 0 Å². The lowest BCUT2D eigenvalue weighted by atomic mass is 9.62. The van der Waals surface area contributed by atoms with Gasteiger partial charge in [0.15, 0.2) is 5.78 Å². The summed E-state index contributed by atoms with van der Waals surface area (Å²) in [5, 5.41) is 0. The summed E-state index contributed by atoms with van der Waals surface area (Å²) in [5.74, 6) is -1.95. The van der Waals surface area contributed by atoms with E-state index in [1.165, 1.54) is 4.90 Å². The van der Waals surface area contributed by atoms with E-state index in [4.69, 9.17) is 0 Å². The minimum Gasteiger partial charge on any atom is -0.298 e. The van der Waals surface area contributed by atoms with Gasteiger partial charge in [-0.1, -0.05) is 73.7 Å². The second kappa shape index (κ2) is 7.60. The first-order chi connectivity index (χ1) is 17.3. The molecule has 1 aliphatic heterocycles. The fraction of sp³-hybridized carbons (Fsp3) is 0.281. The van der Waals surface area contributed by atoms with Crippen LogP contribution in [0.5, 0.6) is 0 Å². The summed E-state index contributed by atoms with van der Waals surface area (Å²) in [6, 6.07) is 25.5. The molecule has 36 heavy (non-hydrogen) atoms. The smallest absolute Gasteiger partial charge is 0.239 e. The minimum atomic E-state index is -1.09. The second-order valence-electron chi connectivity index (χ2n) is 10.6. The standard InChI is InChI=1S/C32H29NO3/c1-5-32-25(22-14-10-7-11-15-22)24(21-12-8-6-9-13-21)31(4,30(32)36)26-27(32)29(35)33(28(26)34)23-17-16-19(2)20(3)18-23/h6-18,26-27H,5H2,1-4H3/t26-,27-,31-,32+/m0/s1. The Balaban J connectivity index is 1.64. The first-order valence-corrected chi connectivity index (χ1v) is 12.6. The summed E-state index contributed by atoms with van der Waals surface area (Å²) in [4.78, 5) is 44.2. The number of allylic oxidation sites excluding steroid dienone is 2. The fourth-order valence-electron chi connectivity index (χ4n) is 7.25. The van der Waals surface area contributed by atoms with E-state index in [1.807, 2.05) is 107 Å². The second-order valence-corrected chi connectivity index (χ2v) is 10.6. The average molecular weight is 476 g/mol. The van der Waals surface area contributed by atoms with Gasteiger partial charge < -0.3 is 0 Å². The van der Waals surface area contributed by atoms with Crippen molar-refractivity contribution in [2.75, 3.05) is 4.90 Å². The van der Waals surface area contributed by atoms with Gasteiger partial charge in [0.25, 0.3) is 0 Å². The Bertz CT molecular complexity index is 1470. The quantitative estimate of drug-likeness (QED) is 0.434. The van der Waals surface area contributed by atoms with Gasteiger partial charge >= 0.3 is 0 Å². The van der Waals surface area contributed by atoms with Crippen LogP contribution in [0.2, 0.25) is 0 Å². The Kier molecular flexibility index (Phi) is 4.79. The number of benzene rings is 3. The van der Waals surface area contributed by atoms with Crippen LogP contribution < -0.4 is 4.90 Å². The van der Waals surface area contributed by atoms with Crippen molar-refractivity contribution >= 4 is 34.4 Å². The lowest BCUT2D eigenvalue weighted by molar-refractivity contribution is -0.134. The molecule has 1 saturated heterocycles. The monoisotopic (exact) mass is 475 g/mol. The fourth-order valence-corrected chi connectivity index (χ4v) is 7.25. The number of carbonyl (C=O) groups excluding carboxylic acids is 3. The van der Waals surface area contributed by atoms with Gasteiger partial charge in [-0.2, -0.15) is 0 Å². The molecule has 1 saturated carbocycles. The lowest BCUT2D eigenvalue weighted by Crippen LogP contribution is -2.41. The first-order valence-electron chi connectivity index (χ1n) is 12.6. The van der Waals surface area contributed by atoms with Crippen LogP contribution in [0.3, 0.4) is 0 Å². The third-order valence-corrected chi connectivity index (χ3v) is 8.98. The van der Waals surface area contributed by atoms with Crippen LogP contribution in [0.4, 0.5) is 5.69 Å². The molecule has 2 fully saturated rings. The van der Waals surface area contributed by atoms with Crippen LogP contribution in [-0.2, 0) is 14.4 Å². The summed E-state index contributed by atoms with van der Waals surface area (Å²) < 4.78 is 0. The first kappa shape index (κ1) is 22.7. The molecule has 4 nitrogen and oxygen atoms in total. The largest absolute Gasteiger partial charge is 0.298 e. The molecule has 0 spiro atoms. The average Bonchev–Trinajstić information content (AvgIpc) is 3.36. The van der Waals surface area contributed by atoms with Crippen LogP contribution in [-0.4, -0.2) is 17.6 Å². The van der Waals surface area contributed by atoms with E-state index in [9.17, 15) is 14.4 Å². The number of Topliss-reactive ketones (excluding diaryl/α,β-unsaturated/α-hetero) is 1. The maximum Gasteiger partial charge on any atom is 0.239 e. The van der Waals surface area contributed by atoms with E-state index in [1.54, 1.807) is 0 Å². The highest BCUT2D eigenvalue weighted by Crippen LogP contribution is 2.74. The molecule has 3 aliphatic rings. The number of hydrogen-bond donors (Lipinski definition) is 0. The van der Waals surface area contributed by atoms with Gasteiger partial charge in [0.2, 0.25) is 11.8 Å². The number of imide groups is 1. The molecule has 0 aromatic heterocycles. The van der Waals surface area contributed by atoms with Crippen LogP contribution in [0.1, 0.15) is 42.5 Å². The van der Waals surface area contributed by atoms with Crippen molar-refractivity contribution in [3.8, 4) is 0 Å². The van der Waals surface area contributed by atoms with Gasteiger partial charge in [-0.3, -0.25) is 14.4 Å². The Hall–Kier alpha value is -3.79. The molecule has 1 heterocycles. The predicted molar refractivity (Wildman–Crippen MR) is 141 cm³/mol. The molecule has 4 heteroatoms. The molecular weight excluding hydrogens is 446 g/mol. The predicted octanol–water partition coefficient (Wildman–Crippen LogP) is 6.02. The van der Waals surface area contributed by atoms with Crippen molar-refractivity contribution in [3.05, 3.63) is 101 Å². The molecular formula is C32H29NO3. The Morgan fingerprint density at radius 2 is 1.28 bits per heavy atom. The maximum absolute atomic E-state index is 14.5. The zero-order chi connectivity index (χ0) is 25.4. The van der Waals surface area contributed by atoms with Crippen LogP contribution in [0, 0.1) is 36.5 Å². The molecule has 6 rings (SSSR count). The summed E-state index contributed by atoms with van der Waals surface area (Å²) in [6.45, 7) is 7.87. The highest BCUT2D eigenvalue weighted by molar-refractivity contribution is 6.34. The Morgan fingerprint density at radius 3 is 1.83 bits per heavy atom. The van der Waals surface area contributed by atoms with Crippen LogP contribution in [0.25, 0.3) is 11.1 Å². The molecule has 2 bridgehead atoms. The minimum absolute atomic E-state index is 0.00615. The number of amides is 2. The summed E-state index contributed by atoms with van der Waals surface area (Å²) in [6.07, 6.45) is 0.461. The summed E-state index contributed by atoms with van der Waals surface area (Å²) in [5.41, 5.74) is 4.26. The van der Waals surface area contributed by atoms with Crippen molar-refractivity contribution < 1.29 is 14.4 Å². The van der Waals surface area contributed by atoms with E-state index in [-0.39, 0.29) is 17.6 Å². The van der Waals surface area contributed by atoms with Crippen molar-refractivity contribution in [2.24, 2.45) is 22.7 Å². The Morgan fingerprint density at radius 1 is 0.722 bits per heavy atom. The Labute approximate surface area is 211 Å². The third kappa shape index (κ3) is 2.57. The molecule has 180 valence electrons. The zero-order valence-corrected chi connectivity index (χ0v) is 21.0. The molecule has 0 unspecified atom stereocenters. The normalized spacial score (nSPS) is 28.9. The maximum atomic E-state index is 14.5. The highest BCUT2D eigenvalue weighted by atomic mass is 16.2. The van der Waals surface area contributed by atoms with Crippen molar-refractivity contribution in [2.45, 2.75) is 34.1 Å². The SMILES string of the molecule is CC[C@@]12C(=O)[C@@](C)(C(c3ccccc3)=C1c1ccccc1)[C@@H]1C(=O)N(c3ccc(C)c(C)c3)C(=O)[C@H]12. The molecule has 3 aromatic carbocycles. The van der Waals surface area contributed by atoms with E-state index < -0.39 is 22.7 Å². The van der Waals surface area contributed by atoms with E-state index >= 15 is 0 Å². The van der Waals surface area contributed by atoms with Crippen molar-refractivity contribution in [1.29, 1.82) is 0 Å². The third-order valence-electron chi connectivity index (χ3n) is 8.98. The number of fused-ring (bicyclic) bond motifs is 5. The van der Waals surface area contributed by atoms with E-state index in [0.717, 1.165) is 33.4 Å². The van der Waals surface area contributed by atoms with Gasteiger partial charge in [-0.25, -0.2) is 4.90 Å². The number of nitrogens with zero attached hydrogens (tertiary/aromatic N) is 1. The molecule has 0 radical (unpaired) electrons. The topological polar surface area (TPSA) is 54.5 Å². The lowest BCUT2D eigenvalue weighted by Gasteiger charge is -2.37.